The highest BCUT2D eigenvalue weighted by molar-refractivity contribution is 5.91. The topological polar surface area (TPSA) is 78.9 Å². The second-order valence-corrected chi connectivity index (χ2v) is 3.71. The highest BCUT2D eigenvalue weighted by Crippen LogP contribution is 2.22. The summed E-state index contributed by atoms with van der Waals surface area (Å²) >= 11 is 0. The zero-order chi connectivity index (χ0) is 13.0. The van der Waals surface area contributed by atoms with Gasteiger partial charge < -0.3 is 15.2 Å². The fraction of sp³-hybridized carbons (Fsp3) is 0.600. The average Bonchev–Trinajstić information content (AvgIpc) is 2.64. The van der Waals surface area contributed by atoms with Crippen molar-refractivity contribution in [1.29, 1.82) is 0 Å². The monoisotopic (exact) mass is 246 g/mol. The van der Waals surface area contributed by atoms with Crippen LogP contribution >= 0.6 is 0 Å². The molecule has 0 aromatic carbocycles. The number of likely N-dealkylation sites (N-methyl/N-ethyl adjacent to an activating group) is 1. The fourth-order valence-corrected chi connectivity index (χ4v) is 1.47. The summed E-state index contributed by atoms with van der Waals surface area (Å²) in [5.41, 5.74) is 0. The number of hydrogen-bond donors (Lipinski definition) is 2. The van der Waals surface area contributed by atoms with E-state index in [1.165, 1.54) is 7.05 Å². The van der Waals surface area contributed by atoms with E-state index in [0.29, 0.717) is 6.41 Å². The van der Waals surface area contributed by atoms with E-state index >= 15 is 0 Å². The van der Waals surface area contributed by atoms with Crippen molar-refractivity contribution in [1.82, 2.24) is 10.2 Å². The molecule has 1 saturated heterocycles. The van der Waals surface area contributed by atoms with E-state index in [4.69, 9.17) is 4.74 Å². The van der Waals surface area contributed by atoms with Crippen molar-refractivity contribution in [3.05, 3.63) is 12.0 Å². The van der Waals surface area contributed by atoms with Crippen LogP contribution in [0.5, 0.6) is 0 Å². The first-order valence-corrected chi connectivity index (χ1v) is 5.15. The second-order valence-electron chi connectivity index (χ2n) is 3.71. The molecule has 2 amide bonds. The van der Waals surface area contributed by atoms with Crippen LogP contribution in [0.25, 0.3) is 0 Å². The number of nitrogens with one attached hydrogen (secondary N) is 1. The second kappa shape index (κ2) is 5.74. The van der Waals surface area contributed by atoms with Gasteiger partial charge in [0.1, 0.15) is 6.23 Å². The third-order valence-corrected chi connectivity index (χ3v) is 2.52. The maximum absolute atomic E-state index is 13.2. The summed E-state index contributed by atoms with van der Waals surface area (Å²) in [6.07, 6.45) is -0.623. The van der Waals surface area contributed by atoms with Crippen molar-refractivity contribution in [3.8, 4) is 0 Å². The van der Waals surface area contributed by atoms with Gasteiger partial charge in [-0.25, -0.2) is 0 Å². The van der Waals surface area contributed by atoms with Crippen molar-refractivity contribution < 1.29 is 23.8 Å². The molecule has 6 nitrogen and oxygen atoms in total. The van der Waals surface area contributed by atoms with Gasteiger partial charge in [0, 0.05) is 13.5 Å². The molecular formula is C10H15FN2O4. The van der Waals surface area contributed by atoms with E-state index in [1.54, 1.807) is 6.92 Å². The smallest absolute Gasteiger partial charge is 0.281 e. The lowest BCUT2D eigenvalue weighted by molar-refractivity contribution is -0.126. The van der Waals surface area contributed by atoms with E-state index in [0.717, 1.165) is 11.1 Å². The maximum atomic E-state index is 13.2. The van der Waals surface area contributed by atoms with E-state index in [9.17, 15) is 19.1 Å². The first-order chi connectivity index (χ1) is 7.99. The summed E-state index contributed by atoms with van der Waals surface area (Å²) in [5.74, 6) is -2.03. The summed E-state index contributed by atoms with van der Waals surface area (Å²) in [5, 5.41) is 11.5. The number of halogens is 1. The minimum Gasteiger partial charge on any atom is -0.390 e. The largest absolute Gasteiger partial charge is 0.390 e. The lowest BCUT2D eigenvalue weighted by Gasteiger charge is -2.20. The van der Waals surface area contributed by atoms with E-state index in [2.05, 4.69) is 5.32 Å². The Morgan fingerprint density at radius 2 is 2.29 bits per heavy atom. The molecular weight excluding hydrogens is 231 g/mol. The summed E-state index contributed by atoms with van der Waals surface area (Å²) < 4.78 is 18.5. The molecule has 2 unspecified atom stereocenters. The van der Waals surface area contributed by atoms with Gasteiger partial charge in [-0.2, -0.15) is 4.39 Å². The lowest BCUT2D eigenvalue weighted by atomic mass is 10.2. The lowest BCUT2D eigenvalue weighted by Crippen LogP contribution is -2.31. The standard InChI is InChI=1S/C10H15FN2O4/c1-6-8(15)3-9(17-6)13(5-14)4-7(11)10(16)12-2/h4-6,8-9,15H,3H2,1-2H3,(H,12,16)/b7-4+/t6?,8-,9?/m1/s1. The molecule has 1 heterocycles. The van der Waals surface area contributed by atoms with Crippen LogP contribution in [-0.4, -0.2) is 47.8 Å². The quantitative estimate of drug-likeness (QED) is 0.517. The van der Waals surface area contributed by atoms with E-state index < -0.39 is 30.2 Å². The maximum Gasteiger partial charge on any atom is 0.281 e. The number of rotatable bonds is 4. The van der Waals surface area contributed by atoms with Crippen molar-refractivity contribution in [3.63, 3.8) is 0 Å². The van der Waals surface area contributed by atoms with Crippen LogP contribution in [0.4, 0.5) is 4.39 Å². The Morgan fingerprint density at radius 1 is 1.65 bits per heavy atom. The van der Waals surface area contributed by atoms with Gasteiger partial charge >= 0.3 is 0 Å². The Hall–Kier alpha value is -1.47. The average molecular weight is 246 g/mol. The Balaban J connectivity index is 2.73. The summed E-state index contributed by atoms with van der Waals surface area (Å²) in [7, 11) is 1.28. The van der Waals surface area contributed by atoms with Gasteiger partial charge in [0.15, 0.2) is 0 Å². The number of carbonyl (C=O) groups is 2. The van der Waals surface area contributed by atoms with Crippen molar-refractivity contribution in [2.45, 2.75) is 31.8 Å². The van der Waals surface area contributed by atoms with Crippen LogP contribution in [0, 0.1) is 0 Å². The summed E-state index contributed by atoms with van der Waals surface area (Å²) in [4.78, 5) is 22.6. The zero-order valence-electron chi connectivity index (χ0n) is 9.59. The predicted octanol–water partition coefficient (Wildman–Crippen LogP) is -0.503. The van der Waals surface area contributed by atoms with Crippen molar-refractivity contribution in [2.75, 3.05) is 7.05 Å². The fourth-order valence-electron chi connectivity index (χ4n) is 1.47. The molecule has 0 aromatic rings. The Kier molecular flexibility index (Phi) is 4.59. The molecule has 1 fully saturated rings. The highest BCUT2D eigenvalue weighted by atomic mass is 19.1. The molecule has 1 aliphatic rings. The van der Waals surface area contributed by atoms with Crippen LogP contribution in [0.1, 0.15) is 13.3 Å². The van der Waals surface area contributed by atoms with Gasteiger partial charge in [0.25, 0.3) is 5.91 Å². The van der Waals surface area contributed by atoms with E-state index in [1.807, 2.05) is 0 Å². The molecule has 96 valence electrons. The normalized spacial score (nSPS) is 28.9. The molecule has 0 aromatic heterocycles. The Morgan fingerprint density at radius 3 is 2.71 bits per heavy atom. The first-order valence-electron chi connectivity index (χ1n) is 5.15. The molecule has 1 rings (SSSR count). The molecule has 0 spiro atoms. The zero-order valence-corrected chi connectivity index (χ0v) is 9.59. The molecule has 3 atom stereocenters. The van der Waals surface area contributed by atoms with Gasteiger partial charge in [-0.3, -0.25) is 14.5 Å². The number of ether oxygens (including phenoxy) is 1. The van der Waals surface area contributed by atoms with Crippen LogP contribution in [-0.2, 0) is 14.3 Å². The number of aliphatic hydroxyl groups excluding tert-OH is 1. The van der Waals surface area contributed by atoms with Crippen molar-refractivity contribution >= 4 is 12.3 Å². The number of carbonyl (C=O) groups excluding carboxylic acids is 2. The third kappa shape index (κ3) is 3.24. The predicted molar refractivity (Wildman–Crippen MR) is 56.1 cm³/mol. The number of nitrogens with zero attached hydrogens (tertiary/aromatic N) is 1. The molecule has 0 bridgehead atoms. The molecule has 2 N–H and O–H groups in total. The van der Waals surface area contributed by atoms with Crippen LogP contribution in [0.15, 0.2) is 12.0 Å². The molecule has 0 aliphatic carbocycles. The van der Waals surface area contributed by atoms with Crippen LogP contribution < -0.4 is 5.32 Å². The van der Waals surface area contributed by atoms with Gasteiger partial charge in [-0.15, -0.1) is 0 Å². The number of aliphatic hydroxyl groups is 1. The third-order valence-electron chi connectivity index (χ3n) is 2.52. The first kappa shape index (κ1) is 13.6. The minimum atomic E-state index is -1.10. The SMILES string of the molecule is CNC(=O)/C(F)=C\N(C=O)C1C[C@@H](O)C(C)O1. The van der Waals surface area contributed by atoms with Crippen molar-refractivity contribution in [2.24, 2.45) is 0 Å². The molecule has 0 radical (unpaired) electrons. The van der Waals surface area contributed by atoms with E-state index in [-0.39, 0.29) is 6.42 Å². The Bertz CT molecular complexity index is 324. The molecule has 0 saturated carbocycles. The minimum absolute atomic E-state index is 0.178. The van der Waals surface area contributed by atoms with Gasteiger partial charge in [0.05, 0.1) is 18.4 Å². The Labute approximate surface area is 98.0 Å². The highest BCUT2D eigenvalue weighted by Gasteiger charge is 2.34. The summed E-state index contributed by atoms with van der Waals surface area (Å²) in [6.45, 7) is 1.65. The summed E-state index contributed by atoms with van der Waals surface area (Å²) in [6, 6.07) is 0. The number of hydrogen-bond acceptors (Lipinski definition) is 4. The molecule has 17 heavy (non-hydrogen) atoms. The van der Waals surface area contributed by atoms with Gasteiger partial charge in [0.2, 0.25) is 12.2 Å². The number of amides is 2. The molecule has 7 heteroatoms. The molecule has 1 aliphatic heterocycles. The van der Waals surface area contributed by atoms with Gasteiger partial charge in [-0.05, 0) is 6.92 Å². The van der Waals surface area contributed by atoms with Crippen LogP contribution in [0.3, 0.4) is 0 Å². The van der Waals surface area contributed by atoms with Gasteiger partial charge in [-0.1, -0.05) is 0 Å². The van der Waals surface area contributed by atoms with Crippen LogP contribution in [0.2, 0.25) is 0 Å².